The maximum absolute atomic E-state index is 12.5. The Hall–Kier alpha value is -3.59. The Kier molecular flexibility index (Phi) is 9.48. The van der Waals surface area contributed by atoms with Crippen LogP contribution in [0.4, 0.5) is 5.69 Å². The predicted molar refractivity (Wildman–Crippen MR) is 133 cm³/mol. The van der Waals surface area contributed by atoms with Crippen molar-refractivity contribution < 1.29 is 23.9 Å². The lowest BCUT2D eigenvalue weighted by Crippen LogP contribution is -2.40. The SMILES string of the molecule is CCOc1ccc(C(=O)NCC(=O)Nc2ccc(CN3CCCC(C(N)=O)C3)cc2)cc1OCC. The van der Waals surface area contributed by atoms with Crippen LogP contribution in [-0.4, -0.2) is 55.5 Å². The number of benzene rings is 2. The van der Waals surface area contributed by atoms with Crippen LogP contribution < -0.4 is 25.8 Å². The van der Waals surface area contributed by atoms with Crippen molar-refractivity contribution in [2.24, 2.45) is 11.7 Å². The summed E-state index contributed by atoms with van der Waals surface area (Å²) in [6.45, 7) is 6.82. The van der Waals surface area contributed by atoms with Crippen LogP contribution in [0.15, 0.2) is 42.5 Å². The minimum absolute atomic E-state index is 0.0918. The fourth-order valence-electron chi connectivity index (χ4n) is 4.04. The lowest BCUT2D eigenvalue weighted by atomic mass is 9.97. The van der Waals surface area contributed by atoms with Gasteiger partial charge < -0.3 is 25.8 Å². The molecule has 188 valence electrons. The van der Waals surface area contributed by atoms with Gasteiger partial charge >= 0.3 is 0 Å². The van der Waals surface area contributed by atoms with Gasteiger partial charge in [-0.25, -0.2) is 0 Å². The summed E-state index contributed by atoms with van der Waals surface area (Å²) < 4.78 is 11.1. The molecule has 1 saturated heterocycles. The van der Waals surface area contributed by atoms with Gasteiger partial charge in [-0.15, -0.1) is 0 Å². The van der Waals surface area contributed by atoms with Crippen molar-refractivity contribution in [2.75, 3.05) is 38.2 Å². The van der Waals surface area contributed by atoms with Gasteiger partial charge in [-0.05, 0) is 69.1 Å². The van der Waals surface area contributed by atoms with E-state index in [2.05, 4.69) is 15.5 Å². The van der Waals surface area contributed by atoms with Gasteiger partial charge in [0.1, 0.15) is 0 Å². The number of ether oxygens (including phenoxy) is 2. The first-order chi connectivity index (χ1) is 16.9. The quantitative estimate of drug-likeness (QED) is 0.452. The highest BCUT2D eigenvalue weighted by Crippen LogP contribution is 2.28. The third-order valence-corrected chi connectivity index (χ3v) is 5.77. The second-order valence-corrected chi connectivity index (χ2v) is 8.43. The summed E-state index contributed by atoms with van der Waals surface area (Å²) in [5.41, 5.74) is 7.56. The molecule has 0 aromatic heterocycles. The largest absolute Gasteiger partial charge is 0.490 e. The van der Waals surface area contributed by atoms with E-state index >= 15 is 0 Å². The maximum atomic E-state index is 12.5. The van der Waals surface area contributed by atoms with Gasteiger partial charge in [-0.2, -0.15) is 0 Å². The molecule has 3 amide bonds. The number of likely N-dealkylation sites (tertiary alicyclic amines) is 1. The van der Waals surface area contributed by atoms with Gasteiger partial charge in [0.25, 0.3) is 5.91 Å². The molecule has 1 fully saturated rings. The minimum Gasteiger partial charge on any atom is -0.490 e. The maximum Gasteiger partial charge on any atom is 0.251 e. The second-order valence-electron chi connectivity index (χ2n) is 8.43. The topological polar surface area (TPSA) is 123 Å². The molecule has 9 nitrogen and oxygen atoms in total. The van der Waals surface area contributed by atoms with E-state index in [1.807, 2.05) is 38.1 Å². The Morgan fingerprint density at radius 1 is 1.03 bits per heavy atom. The first kappa shape index (κ1) is 26.0. The molecule has 9 heteroatoms. The van der Waals surface area contributed by atoms with E-state index in [4.69, 9.17) is 15.2 Å². The minimum atomic E-state index is -0.379. The Labute approximate surface area is 206 Å². The molecule has 1 aliphatic rings. The zero-order chi connectivity index (χ0) is 25.2. The van der Waals surface area contributed by atoms with Crippen molar-refractivity contribution in [1.29, 1.82) is 0 Å². The lowest BCUT2D eigenvalue weighted by molar-refractivity contribution is -0.123. The van der Waals surface area contributed by atoms with Crippen molar-refractivity contribution in [1.82, 2.24) is 10.2 Å². The third kappa shape index (κ3) is 7.71. The first-order valence-corrected chi connectivity index (χ1v) is 12.0. The van der Waals surface area contributed by atoms with E-state index in [0.717, 1.165) is 31.5 Å². The van der Waals surface area contributed by atoms with Crippen molar-refractivity contribution in [2.45, 2.75) is 33.2 Å². The molecule has 1 unspecified atom stereocenters. The highest BCUT2D eigenvalue weighted by Gasteiger charge is 2.23. The summed E-state index contributed by atoms with van der Waals surface area (Å²) in [7, 11) is 0. The predicted octanol–water partition coefficient (Wildman–Crippen LogP) is 2.55. The summed E-state index contributed by atoms with van der Waals surface area (Å²) in [6, 6.07) is 12.5. The molecule has 1 atom stereocenters. The third-order valence-electron chi connectivity index (χ3n) is 5.77. The highest BCUT2D eigenvalue weighted by atomic mass is 16.5. The Bertz CT molecular complexity index is 1020. The number of piperidine rings is 1. The van der Waals surface area contributed by atoms with Crippen molar-refractivity contribution in [3.05, 3.63) is 53.6 Å². The van der Waals surface area contributed by atoms with E-state index in [0.29, 0.717) is 42.5 Å². The van der Waals surface area contributed by atoms with E-state index in [-0.39, 0.29) is 30.2 Å². The standard InChI is InChI=1S/C26H34N4O5/c1-3-34-22-12-9-19(14-23(22)35-4-2)26(33)28-15-24(31)29-21-10-7-18(8-11-21)16-30-13-5-6-20(17-30)25(27)32/h7-12,14,20H,3-6,13,15-17H2,1-2H3,(H2,27,32)(H,28,33)(H,29,31). The summed E-state index contributed by atoms with van der Waals surface area (Å²) in [6.07, 6.45) is 1.80. The molecular weight excluding hydrogens is 448 g/mol. The number of carbonyl (C=O) groups is 3. The fraction of sp³-hybridized carbons (Fsp3) is 0.423. The average molecular weight is 483 g/mol. The zero-order valence-electron chi connectivity index (χ0n) is 20.3. The fourth-order valence-corrected chi connectivity index (χ4v) is 4.04. The molecule has 2 aromatic rings. The molecule has 1 aliphatic heterocycles. The van der Waals surface area contributed by atoms with E-state index in [9.17, 15) is 14.4 Å². The monoisotopic (exact) mass is 482 g/mol. The van der Waals surface area contributed by atoms with Crippen LogP contribution >= 0.6 is 0 Å². The van der Waals surface area contributed by atoms with Crippen LogP contribution in [0, 0.1) is 5.92 Å². The zero-order valence-corrected chi connectivity index (χ0v) is 20.3. The Morgan fingerprint density at radius 3 is 2.43 bits per heavy atom. The molecule has 0 aliphatic carbocycles. The summed E-state index contributed by atoms with van der Waals surface area (Å²) in [5, 5.41) is 5.41. The molecule has 0 radical (unpaired) electrons. The van der Waals surface area contributed by atoms with Gasteiger partial charge in [-0.1, -0.05) is 12.1 Å². The highest BCUT2D eigenvalue weighted by molar-refractivity contribution is 5.99. The van der Waals surface area contributed by atoms with Gasteiger partial charge in [0.2, 0.25) is 11.8 Å². The summed E-state index contributed by atoms with van der Waals surface area (Å²) in [5.74, 6) is 0.0157. The molecule has 2 aromatic carbocycles. The van der Waals surface area contributed by atoms with Crippen LogP contribution in [0.5, 0.6) is 11.5 Å². The molecule has 0 saturated carbocycles. The number of hydrogen-bond donors (Lipinski definition) is 3. The number of amides is 3. The number of nitrogens with one attached hydrogen (secondary N) is 2. The lowest BCUT2D eigenvalue weighted by Gasteiger charge is -2.31. The van der Waals surface area contributed by atoms with E-state index in [1.165, 1.54) is 0 Å². The molecule has 0 spiro atoms. The number of carbonyl (C=O) groups excluding carboxylic acids is 3. The normalized spacial score (nSPS) is 15.8. The summed E-state index contributed by atoms with van der Waals surface area (Å²) >= 11 is 0. The molecule has 1 heterocycles. The molecule has 4 N–H and O–H groups in total. The number of rotatable bonds is 11. The molecule has 3 rings (SSSR count). The van der Waals surface area contributed by atoms with E-state index < -0.39 is 0 Å². The van der Waals surface area contributed by atoms with Gasteiger partial charge in [0, 0.05) is 24.3 Å². The van der Waals surface area contributed by atoms with Crippen molar-refractivity contribution in [3.63, 3.8) is 0 Å². The van der Waals surface area contributed by atoms with Crippen molar-refractivity contribution >= 4 is 23.4 Å². The smallest absolute Gasteiger partial charge is 0.251 e. The Balaban J connectivity index is 1.48. The van der Waals surface area contributed by atoms with E-state index in [1.54, 1.807) is 18.2 Å². The second kappa shape index (κ2) is 12.8. The van der Waals surface area contributed by atoms with Crippen LogP contribution in [0.1, 0.15) is 42.6 Å². The van der Waals surface area contributed by atoms with Gasteiger partial charge in [0.05, 0.1) is 25.7 Å². The summed E-state index contributed by atoms with van der Waals surface area (Å²) in [4.78, 5) is 38.5. The number of nitrogens with two attached hydrogens (primary N) is 1. The van der Waals surface area contributed by atoms with Gasteiger partial charge in [0.15, 0.2) is 11.5 Å². The molecule has 35 heavy (non-hydrogen) atoms. The van der Waals surface area contributed by atoms with Crippen LogP contribution in [0.2, 0.25) is 0 Å². The number of nitrogens with zero attached hydrogens (tertiary/aromatic N) is 1. The molecular formula is C26H34N4O5. The average Bonchev–Trinajstić information content (AvgIpc) is 2.85. The van der Waals surface area contributed by atoms with Crippen molar-refractivity contribution in [3.8, 4) is 11.5 Å². The van der Waals surface area contributed by atoms with Gasteiger partial charge in [-0.3, -0.25) is 19.3 Å². The number of anilines is 1. The van der Waals surface area contributed by atoms with Crippen LogP contribution in [0.25, 0.3) is 0 Å². The van der Waals surface area contributed by atoms with Crippen LogP contribution in [0.3, 0.4) is 0 Å². The molecule has 0 bridgehead atoms. The number of hydrogen-bond acceptors (Lipinski definition) is 6. The first-order valence-electron chi connectivity index (χ1n) is 12.0. The number of primary amides is 1. The van der Waals surface area contributed by atoms with Crippen LogP contribution in [-0.2, 0) is 16.1 Å². The Morgan fingerprint density at radius 2 is 1.74 bits per heavy atom.